The first-order valence-electron chi connectivity index (χ1n) is 8.42. The minimum absolute atomic E-state index is 0.266. The van der Waals surface area contributed by atoms with Crippen molar-refractivity contribution in [2.24, 2.45) is 0 Å². The number of carbonyl (C=O) groups excluding carboxylic acids is 1. The number of hydrogen-bond acceptors (Lipinski definition) is 4. The largest absolute Gasteiger partial charge is 0.444 e. The third kappa shape index (κ3) is 5.43. The summed E-state index contributed by atoms with van der Waals surface area (Å²) >= 11 is 0. The van der Waals surface area contributed by atoms with E-state index >= 15 is 0 Å². The van der Waals surface area contributed by atoms with Crippen LogP contribution in [0.2, 0.25) is 0 Å². The van der Waals surface area contributed by atoms with Gasteiger partial charge in [-0.15, -0.1) is 0 Å². The van der Waals surface area contributed by atoms with Crippen LogP contribution in [0.5, 0.6) is 0 Å². The predicted molar refractivity (Wildman–Crippen MR) is 93.7 cm³/mol. The van der Waals surface area contributed by atoms with Gasteiger partial charge in [0.2, 0.25) is 0 Å². The molecule has 1 amide bonds. The van der Waals surface area contributed by atoms with Crippen molar-refractivity contribution in [1.29, 1.82) is 0 Å². The van der Waals surface area contributed by atoms with Crippen molar-refractivity contribution in [1.82, 2.24) is 10.2 Å². The Morgan fingerprint density at radius 3 is 2.74 bits per heavy atom. The van der Waals surface area contributed by atoms with E-state index in [0.29, 0.717) is 19.1 Å². The van der Waals surface area contributed by atoms with Gasteiger partial charge in [-0.3, -0.25) is 0 Å². The van der Waals surface area contributed by atoms with Crippen molar-refractivity contribution in [3.63, 3.8) is 0 Å². The Balaban J connectivity index is 2.06. The molecule has 0 spiro atoms. The van der Waals surface area contributed by atoms with Crippen LogP contribution in [0.3, 0.4) is 0 Å². The van der Waals surface area contributed by atoms with Gasteiger partial charge in [0, 0.05) is 24.8 Å². The lowest BCUT2D eigenvalue weighted by molar-refractivity contribution is 0.0245. The number of amides is 1. The van der Waals surface area contributed by atoms with Crippen LogP contribution in [0, 0.1) is 0 Å². The van der Waals surface area contributed by atoms with E-state index in [1.165, 1.54) is 0 Å². The summed E-state index contributed by atoms with van der Waals surface area (Å²) < 4.78 is 5.49. The molecule has 2 N–H and O–H groups in total. The zero-order chi connectivity index (χ0) is 16.9. The fourth-order valence-electron chi connectivity index (χ4n) is 2.63. The minimum Gasteiger partial charge on any atom is -0.444 e. The molecular weight excluding hydrogens is 290 g/mol. The molecule has 1 atom stereocenters. The van der Waals surface area contributed by atoms with E-state index < -0.39 is 5.60 Å². The van der Waals surface area contributed by atoms with Gasteiger partial charge < -0.3 is 20.3 Å². The van der Waals surface area contributed by atoms with E-state index in [2.05, 4.69) is 22.8 Å². The van der Waals surface area contributed by atoms with Crippen molar-refractivity contribution in [3.05, 3.63) is 29.8 Å². The Bertz CT molecular complexity index is 519. The molecule has 1 aliphatic heterocycles. The minimum atomic E-state index is -0.474. The first-order chi connectivity index (χ1) is 10.9. The molecule has 128 valence electrons. The van der Waals surface area contributed by atoms with E-state index in [1.54, 1.807) is 4.90 Å². The molecule has 0 aromatic heterocycles. The SMILES string of the molecule is CCN(Cc1ccccc1NC1CCNC1)C(=O)OC(C)(C)C. The molecule has 2 rings (SSSR count). The Hall–Kier alpha value is -1.75. The molecule has 5 heteroatoms. The van der Waals surface area contributed by atoms with Crippen molar-refractivity contribution >= 4 is 11.8 Å². The number of para-hydroxylation sites is 1. The van der Waals surface area contributed by atoms with Gasteiger partial charge >= 0.3 is 6.09 Å². The lowest BCUT2D eigenvalue weighted by atomic mass is 10.1. The van der Waals surface area contributed by atoms with E-state index in [4.69, 9.17) is 4.74 Å². The number of rotatable bonds is 5. The topological polar surface area (TPSA) is 53.6 Å². The summed E-state index contributed by atoms with van der Waals surface area (Å²) in [5, 5.41) is 6.95. The molecule has 0 aliphatic carbocycles. The van der Waals surface area contributed by atoms with Gasteiger partial charge in [-0.25, -0.2) is 4.79 Å². The van der Waals surface area contributed by atoms with E-state index in [0.717, 1.165) is 30.8 Å². The van der Waals surface area contributed by atoms with Gasteiger partial charge in [-0.2, -0.15) is 0 Å². The number of ether oxygens (including phenoxy) is 1. The first-order valence-corrected chi connectivity index (χ1v) is 8.42. The molecule has 1 aliphatic rings. The molecular formula is C18H29N3O2. The molecule has 23 heavy (non-hydrogen) atoms. The summed E-state index contributed by atoms with van der Waals surface area (Å²) in [6.45, 7) is 10.9. The second kappa shape index (κ2) is 7.68. The summed E-state index contributed by atoms with van der Waals surface area (Å²) in [6.07, 6.45) is 0.857. The van der Waals surface area contributed by atoms with Crippen LogP contribution in [-0.4, -0.2) is 42.3 Å². The molecule has 5 nitrogen and oxygen atoms in total. The fourth-order valence-corrected chi connectivity index (χ4v) is 2.63. The van der Waals surface area contributed by atoms with Crippen LogP contribution in [0.1, 0.15) is 39.7 Å². The van der Waals surface area contributed by atoms with Gasteiger partial charge in [0.1, 0.15) is 5.60 Å². The van der Waals surface area contributed by atoms with Crippen LogP contribution < -0.4 is 10.6 Å². The molecule has 1 fully saturated rings. The summed E-state index contributed by atoms with van der Waals surface area (Å²) in [6, 6.07) is 8.63. The number of anilines is 1. The Morgan fingerprint density at radius 2 is 2.13 bits per heavy atom. The smallest absolute Gasteiger partial charge is 0.410 e. The van der Waals surface area contributed by atoms with Gasteiger partial charge in [0.25, 0.3) is 0 Å². The Kier molecular flexibility index (Phi) is 5.88. The molecule has 0 radical (unpaired) electrons. The highest BCUT2D eigenvalue weighted by molar-refractivity contribution is 5.68. The van der Waals surface area contributed by atoms with Gasteiger partial charge in [-0.05, 0) is 52.3 Å². The zero-order valence-electron chi connectivity index (χ0n) is 14.7. The maximum absolute atomic E-state index is 12.3. The van der Waals surface area contributed by atoms with E-state index in [9.17, 15) is 4.79 Å². The lowest BCUT2D eigenvalue weighted by Gasteiger charge is -2.27. The van der Waals surface area contributed by atoms with Gasteiger partial charge in [0.05, 0.1) is 6.54 Å². The van der Waals surface area contributed by atoms with Crippen LogP contribution in [0.15, 0.2) is 24.3 Å². The maximum atomic E-state index is 12.3. The molecule has 1 aromatic carbocycles. The van der Waals surface area contributed by atoms with E-state index in [1.807, 2.05) is 39.8 Å². The quantitative estimate of drug-likeness (QED) is 0.875. The van der Waals surface area contributed by atoms with Gasteiger partial charge in [-0.1, -0.05) is 18.2 Å². The lowest BCUT2D eigenvalue weighted by Crippen LogP contribution is -2.36. The summed E-state index contributed by atoms with van der Waals surface area (Å²) in [5.74, 6) is 0. The third-order valence-corrected chi connectivity index (χ3v) is 3.83. The van der Waals surface area contributed by atoms with Crippen molar-refractivity contribution in [2.45, 2.75) is 52.3 Å². The molecule has 1 saturated heterocycles. The average Bonchev–Trinajstić information content (AvgIpc) is 2.97. The van der Waals surface area contributed by atoms with Crippen LogP contribution in [-0.2, 0) is 11.3 Å². The number of nitrogens with zero attached hydrogens (tertiary/aromatic N) is 1. The third-order valence-electron chi connectivity index (χ3n) is 3.83. The molecule has 1 heterocycles. The van der Waals surface area contributed by atoms with Crippen molar-refractivity contribution in [3.8, 4) is 0 Å². The highest BCUT2D eigenvalue weighted by Gasteiger charge is 2.22. The normalized spacial score (nSPS) is 17.8. The van der Waals surface area contributed by atoms with Crippen molar-refractivity contribution in [2.75, 3.05) is 25.0 Å². The Labute approximate surface area is 139 Å². The standard InChI is InChI=1S/C18H29N3O2/c1-5-21(17(22)23-18(2,3)4)13-14-8-6-7-9-16(14)20-15-10-11-19-12-15/h6-9,15,19-20H,5,10-13H2,1-4H3. The van der Waals surface area contributed by atoms with Crippen molar-refractivity contribution < 1.29 is 9.53 Å². The molecule has 1 unspecified atom stereocenters. The number of carbonyl (C=O) groups is 1. The predicted octanol–water partition coefficient (Wildman–Crippen LogP) is 3.22. The van der Waals surface area contributed by atoms with E-state index in [-0.39, 0.29) is 6.09 Å². The summed E-state index contributed by atoms with van der Waals surface area (Å²) in [7, 11) is 0. The van der Waals surface area contributed by atoms with Crippen LogP contribution in [0.4, 0.5) is 10.5 Å². The average molecular weight is 319 g/mol. The highest BCUT2D eigenvalue weighted by Crippen LogP contribution is 2.21. The molecule has 0 bridgehead atoms. The molecule has 0 saturated carbocycles. The summed E-state index contributed by atoms with van der Waals surface area (Å²) in [5.41, 5.74) is 1.74. The fraction of sp³-hybridized carbons (Fsp3) is 0.611. The molecule has 1 aromatic rings. The monoisotopic (exact) mass is 319 g/mol. The first kappa shape index (κ1) is 17.6. The summed E-state index contributed by atoms with van der Waals surface area (Å²) in [4.78, 5) is 14.1. The Morgan fingerprint density at radius 1 is 1.39 bits per heavy atom. The van der Waals surface area contributed by atoms with Crippen LogP contribution in [0.25, 0.3) is 0 Å². The highest BCUT2D eigenvalue weighted by atomic mass is 16.6. The number of benzene rings is 1. The number of hydrogen-bond donors (Lipinski definition) is 2. The maximum Gasteiger partial charge on any atom is 0.410 e. The van der Waals surface area contributed by atoms with Crippen LogP contribution >= 0.6 is 0 Å². The number of nitrogens with one attached hydrogen (secondary N) is 2. The van der Waals surface area contributed by atoms with Gasteiger partial charge in [0.15, 0.2) is 0 Å². The zero-order valence-corrected chi connectivity index (χ0v) is 14.7. The second-order valence-corrected chi connectivity index (χ2v) is 6.99. The second-order valence-electron chi connectivity index (χ2n) is 6.99.